The molecule has 4 rings (SSSR count). The van der Waals surface area contributed by atoms with Crippen LogP contribution in [0.25, 0.3) is 10.2 Å². The Morgan fingerprint density at radius 2 is 2.14 bits per heavy atom. The smallest absolute Gasteiger partial charge is 0.318 e. The molecule has 144 valence electrons. The summed E-state index contributed by atoms with van der Waals surface area (Å²) in [4.78, 5) is 30.0. The van der Waals surface area contributed by atoms with Gasteiger partial charge in [0.1, 0.15) is 5.01 Å². The van der Waals surface area contributed by atoms with Crippen LogP contribution in [0.4, 0.5) is 10.5 Å². The molecule has 1 N–H and O–H groups in total. The van der Waals surface area contributed by atoms with E-state index < -0.39 is 4.92 Å². The van der Waals surface area contributed by atoms with Crippen molar-refractivity contribution in [1.82, 2.24) is 15.2 Å². The van der Waals surface area contributed by atoms with Gasteiger partial charge in [-0.1, -0.05) is 24.3 Å². The second-order valence-corrected chi connectivity index (χ2v) is 7.96. The van der Waals surface area contributed by atoms with Gasteiger partial charge in [-0.05, 0) is 37.5 Å². The van der Waals surface area contributed by atoms with Crippen molar-refractivity contribution in [3.63, 3.8) is 0 Å². The fourth-order valence-corrected chi connectivity index (χ4v) is 4.67. The number of likely N-dealkylation sites (tertiary alicyclic amines) is 1. The van der Waals surface area contributed by atoms with Gasteiger partial charge in [-0.25, -0.2) is 9.78 Å². The number of benzene rings is 2. The highest BCUT2D eigenvalue weighted by Crippen LogP contribution is 2.36. The number of nitrogens with one attached hydrogen (secondary N) is 1. The van der Waals surface area contributed by atoms with Crippen LogP contribution in [0, 0.1) is 10.1 Å². The predicted octanol–water partition coefficient (Wildman–Crippen LogP) is 4.81. The number of aromatic nitrogens is 1. The summed E-state index contributed by atoms with van der Waals surface area (Å²) in [6.45, 7) is 2.51. The van der Waals surface area contributed by atoms with Gasteiger partial charge in [0.15, 0.2) is 0 Å². The van der Waals surface area contributed by atoms with E-state index in [9.17, 15) is 14.9 Å². The molecule has 0 aliphatic carbocycles. The molecule has 2 aromatic carbocycles. The summed E-state index contributed by atoms with van der Waals surface area (Å²) in [5.74, 6) is 0. The zero-order valence-corrected chi connectivity index (χ0v) is 16.2. The zero-order valence-electron chi connectivity index (χ0n) is 15.4. The Hall–Kier alpha value is -3.00. The monoisotopic (exact) mass is 396 g/mol. The molecular formula is C20H20N4O3S. The maximum atomic E-state index is 12.9. The Labute approximate surface area is 166 Å². The number of non-ortho nitro benzene ring substituents is 1. The van der Waals surface area contributed by atoms with Crippen LogP contribution in [0.1, 0.15) is 42.4 Å². The summed E-state index contributed by atoms with van der Waals surface area (Å²) in [5, 5.41) is 14.9. The lowest BCUT2D eigenvalue weighted by Crippen LogP contribution is -2.40. The van der Waals surface area contributed by atoms with Gasteiger partial charge in [-0.15, -0.1) is 11.3 Å². The van der Waals surface area contributed by atoms with Crippen LogP contribution >= 0.6 is 11.3 Å². The third-order valence-corrected chi connectivity index (χ3v) is 6.17. The first-order valence-corrected chi connectivity index (χ1v) is 10.0. The molecule has 0 unspecified atom stereocenters. The van der Waals surface area contributed by atoms with Crippen molar-refractivity contribution in [3.8, 4) is 0 Å². The van der Waals surface area contributed by atoms with Crippen LogP contribution < -0.4 is 5.32 Å². The van der Waals surface area contributed by atoms with Crippen LogP contribution in [-0.2, 0) is 0 Å². The number of fused-ring (bicyclic) bond motifs is 1. The second-order valence-electron chi connectivity index (χ2n) is 6.89. The van der Waals surface area contributed by atoms with Crippen molar-refractivity contribution >= 4 is 33.3 Å². The van der Waals surface area contributed by atoms with Crippen LogP contribution in [0.2, 0.25) is 0 Å². The number of hydrogen-bond donors (Lipinski definition) is 1. The topological polar surface area (TPSA) is 88.4 Å². The number of nitrogens with zero attached hydrogens (tertiary/aromatic N) is 3. The number of carbonyl (C=O) groups is 1. The normalized spacial score (nSPS) is 17.6. The Morgan fingerprint density at radius 1 is 1.32 bits per heavy atom. The van der Waals surface area contributed by atoms with E-state index in [0.29, 0.717) is 12.1 Å². The molecule has 2 heterocycles. The van der Waals surface area contributed by atoms with Crippen LogP contribution in [-0.4, -0.2) is 27.4 Å². The molecule has 1 saturated heterocycles. The molecule has 1 aromatic heterocycles. The Kier molecular flexibility index (Phi) is 4.95. The first-order valence-electron chi connectivity index (χ1n) is 9.20. The van der Waals surface area contributed by atoms with E-state index in [1.165, 1.54) is 12.1 Å². The minimum Gasteiger partial charge on any atom is -0.331 e. The number of hydrogen-bond acceptors (Lipinski definition) is 5. The standard InChI is InChI=1S/C20H20N4O3S/c1-13(14-6-4-7-15(12-14)24(26)27)21-20(25)23-11-5-9-17(23)19-22-16-8-2-3-10-18(16)28-19/h2-4,6-8,10,12-13,17H,5,9,11H2,1H3,(H,21,25)/t13-,17-/m0/s1. The fraction of sp³-hybridized carbons (Fsp3) is 0.300. The van der Waals surface area contributed by atoms with Crippen molar-refractivity contribution in [2.75, 3.05) is 6.54 Å². The first kappa shape index (κ1) is 18.4. The van der Waals surface area contributed by atoms with Gasteiger partial charge < -0.3 is 10.2 Å². The van der Waals surface area contributed by atoms with Crippen molar-refractivity contribution in [3.05, 3.63) is 69.2 Å². The number of nitro benzene ring substituents is 1. The van der Waals surface area contributed by atoms with E-state index >= 15 is 0 Å². The van der Waals surface area contributed by atoms with E-state index in [-0.39, 0.29) is 23.8 Å². The second kappa shape index (κ2) is 7.55. The number of nitro groups is 1. The van der Waals surface area contributed by atoms with Crippen molar-refractivity contribution in [2.24, 2.45) is 0 Å². The van der Waals surface area contributed by atoms with Gasteiger partial charge in [-0.2, -0.15) is 0 Å². The number of thiazole rings is 1. The molecule has 3 aromatic rings. The maximum Gasteiger partial charge on any atom is 0.318 e. The summed E-state index contributed by atoms with van der Waals surface area (Å²) in [7, 11) is 0. The van der Waals surface area contributed by atoms with Gasteiger partial charge in [0, 0.05) is 18.7 Å². The molecule has 0 saturated carbocycles. The van der Waals surface area contributed by atoms with Crippen molar-refractivity contribution in [1.29, 1.82) is 0 Å². The molecule has 0 spiro atoms. The third-order valence-electron chi connectivity index (χ3n) is 5.03. The quantitative estimate of drug-likeness (QED) is 0.506. The lowest BCUT2D eigenvalue weighted by atomic mass is 10.1. The minimum absolute atomic E-state index is 0.0205. The van der Waals surface area contributed by atoms with Gasteiger partial charge in [-0.3, -0.25) is 10.1 Å². The lowest BCUT2D eigenvalue weighted by Gasteiger charge is -2.25. The maximum absolute atomic E-state index is 12.9. The Morgan fingerprint density at radius 3 is 2.93 bits per heavy atom. The summed E-state index contributed by atoms with van der Waals surface area (Å²) >= 11 is 1.63. The number of amides is 2. The summed E-state index contributed by atoms with van der Waals surface area (Å²) in [6.07, 6.45) is 1.82. The van der Waals surface area contributed by atoms with Crippen molar-refractivity contribution in [2.45, 2.75) is 31.8 Å². The highest BCUT2D eigenvalue weighted by Gasteiger charge is 2.33. The first-order chi connectivity index (χ1) is 13.5. The van der Waals surface area contributed by atoms with Crippen LogP contribution in [0.5, 0.6) is 0 Å². The highest BCUT2D eigenvalue weighted by molar-refractivity contribution is 7.18. The minimum atomic E-state index is -0.429. The number of carbonyl (C=O) groups excluding carboxylic acids is 1. The molecule has 1 aliphatic heterocycles. The molecule has 28 heavy (non-hydrogen) atoms. The van der Waals surface area contributed by atoms with E-state index in [0.717, 1.165) is 28.1 Å². The van der Waals surface area contributed by atoms with Crippen LogP contribution in [0.15, 0.2) is 48.5 Å². The van der Waals surface area contributed by atoms with Gasteiger partial charge >= 0.3 is 6.03 Å². The van der Waals surface area contributed by atoms with Crippen molar-refractivity contribution < 1.29 is 9.72 Å². The molecule has 7 nitrogen and oxygen atoms in total. The molecule has 1 aliphatic rings. The van der Waals surface area contributed by atoms with E-state index in [4.69, 9.17) is 4.98 Å². The molecule has 2 amide bonds. The SMILES string of the molecule is C[C@H](NC(=O)N1CCC[C@H]1c1nc2ccccc2s1)c1cccc([N+](=O)[O-])c1. The number of urea groups is 1. The molecule has 2 atom stereocenters. The Bertz CT molecular complexity index is 1000. The average molecular weight is 396 g/mol. The highest BCUT2D eigenvalue weighted by atomic mass is 32.1. The average Bonchev–Trinajstić information content (AvgIpc) is 3.34. The molecular weight excluding hydrogens is 376 g/mol. The van der Waals surface area contributed by atoms with E-state index in [2.05, 4.69) is 5.32 Å². The van der Waals surface area contributed by atoms with E-state index in [1.54, 1.807) is 23.5 Å². The Balaban J connectivity index is 1.50. The zero-order chi connectivity index (χ0) is 19.7. The summed E-state index contributed by atoms with van der Waals surface area (Å²) in [6, 6.07) is 13.8. The van der Waals surface area contributed by atoms with Gasteiger partial charge in [0.05, 0.1) is 27.2 Å². The van der Waals surface area contributed by atoms with E-state index in [1.807, 2.05) is 36.1 Å². The third kappa shape index (κ3) is 3.55. The molecule has 0 bridgehead atoms. The molecule has 8 heteroatoms. The van der Waals surface area contributed by atoms with Crippen LogP contribution in [0.3, 0.4) is 0 Å². The fourth-order valence-electron chi connectivity index (χ4n) is 3.56. The van der Waals surface area contributed by atoms with Gasteiger partial charge in [0.2, 0.25) is 0 Å². The summed E-state index contributed by atoms with van der Waals surface area (Å²) in [5.41, 5.74) is 1.69. The van der Waals surface area contributed by atoms with Gasteiger partial charge in [0.25, 0.3) is 5.69 Å². The predicted molar refractivity (Wildman–Crippen MR) is 108 cm³/mol. The molecule has 1 fully saturated rings. The number of rotatable bonds is 4. The summed E-state index contributed by atoms with van der Waals surface area (Å²) < 4.78 is 1.12. The lowest BCUT2D eigenvalue weighted by molar-refractivity contribution is -0.384. The molecule has 0 radical (unpaired) electrons. The number of para-hydroxylation sites is 1. The largest absolute Gasteiger partial charge is 0.331 e.